The van der Waals surface area contributed by atoms with Crippen LogP contribution in [0.15, 0.2) is 12.3 Å². The number of anilines is 1. The number of aromatic nitrogens is 2. The van der Waals surface area contributed by atoms with Gasteiger partial charge >= 0.3 is 0 Å². The summed E-state index contributed by atoms with van der Waals surface area (Å²) in [7, 11) is 3.46. The SMILES string of the molecule is COCCN1CCC[C@]2(CCN(CC(=O)Nc3ccn(C)n3)C2)C1=O. The number of carbonyl (C=O) groups excluding carboxylic acids is 2. The zero-order valence-electron chi connectivity index (χ0n) is 15.0. The van der Waals surface area contributed by atoms with Gasteiger partial charge < -0.3 is 15.0 Å². The first-order valence-electron chi connectivity index (χ1n) is 8.83. The minimum absolute atomic E-state index is 0.0877. The summed E-state index contributed by atoms with van der Waals surface area (Å²) in [6.45, 7) is 3.76. The number of aryl methyl sites for hydroxylation is 1. The smallest absolute Gasteiger partial charge is 0.239 e. The van der Waals surface area contributed by atoms with Crippen LogP contribution in [-0.4, -0.2) is 77.8 Å². The van der Waals surface area contributed by atoms with Crippen LogP contribution < -0.4 is 5.32 Å². The van der Waals surface area contributed by atoms with Crippen molar-refractivity contribution in [3.8, 4) is 0 Å². The summed E-state index contributed by atoms with van der Waals surface area (Å²) < 4.78 is 6.76. The Morgan fingerprint density at radius 3 is 2.96 bits per heavy atom. The van der Waals surface area contributed by atoms with Gasteiger partial charge in [0.05, 0.1) is 18.6 Å². The average Bonchev–Trinajstić information content (AvgIpc) is 3.16. The van der Waals surface area contributed by atoms with Gasteiger partial charge in [-0.2, -0.15) is 5.10 Å². The number of methoxy groups -OCH3 is 1. The lowest BCUT2D eigenvalue weighted by molar-refractivity contribution is -0.146. The third-order valence-corrected chi connectivity index (χ3v) is 5.17. The molecule has 1 aromatic heterocycles. The van der Waals surface area contributed by atoms with Crippen LogP contribution in [0, 0.1) is 5.41 Å². The van der Waals surface area contributed by atoms with Crippen molar-refractivity contribution < 1.29 is 14.3 Å². The van der Waals surface area contributed by atoms with Crippen molar-refractivity contribution in [3.63, 3.8) is 0 Å². The summed E-state index contributed by atoms with van der Waals surface area (Å²) in [4.78, 5) is 29.1. The molecular weight excluding hydrogens is 322 g/mol. The Bertz CT molecular complexity index is 632. The number of nitrogens with zero attached hydrogens (tertiary/aromatic N) is 4. The number of rotatable bonds is 6. The maximum Gasteiger partial charge on any atom is 0.239 e. The summed E-state index contributed by atoms with van der Waals surface area (Å²) in [5.41, 5.74) is -0.322. The number of likely N-dealkylation sites (tertiary alicyclic amines) is 2. The van der Waals surface area contributed by atoms with E-state index in [9.17, 15) is 9.59 Å². The van der Waals surface area contributed by atoms with E-state index >= 15 is 0 Å². The fourth-order valence-corrected chi connectivity index (χ4v) is 3.91. The molecule has 25 heavy (non-hydrogen) atoms. The molecule has 0 unspecified atom stereocenters. The number of nitrogens with one attached hydrogen (secondary N) is 1. The molecule has 8 nitrogen and oxygen atoms in total. The zero-order valence-corrected chi connectivity index (χ0v) is 15.0. The standard InChI is InChI=1S/C17H27N5O3/c1-20-8-4-14(19-20)18-15(23)12-21-9-6-17(13-21)5-3-7-22(16(17)24)10-11-25-2/h4,8H,3,5-7,9-13H2,1-2H3,(H,18,19,23)/t17-/m1/s1. The normalized spacial score (nSPS) is 24.2. The molecule has 1 spiro atoms. The molecule has 0 aliphatic carbocycles. The average molecular weight is 349 g/mol. The van der Waals surface area contributed by atoms with Crippen LogP contribution in [0.2, 0.25) is 0 Å². The van der Waals surface area contributed by atoms with E-state index < -0.39 is 0 Å². The van der Waals surface area contributed by atoms with Crippen LogP contribution in [-0.2, 0) is 21.4 Å². The van der Waals surface area contributed by atoms with Crippen molar-refractivity contribution >= 4 is 17.6 Å². The first-order chi connectivity index (χ1) is 12.0. The second-order valence-electron chi connectivity index (χ2n) is 7.05. The first-order valence-corrected chi connectivity index (χ1v) is 8.83. The van der Waals surface area contributed by atoms with Crippen LogP contribution in [0.3, 0.4) is 0 Å². The number of amides is 2. The zero-order chi connectivity index (χ0) is 17.9. The highest BCUT2D eigenvalue weighted by Crippen LogP contribution is 2.39. The molecule has 2 aliphatic heterocycles. The molecule has 8 heteroatoms. The fraction of sp³-hybridized carbons (Fsp3) is 0.706. The molecule has 0 aromatic carbocycles. The Hall–Kier alpha value is -1.93. The van der Waals surface area contributed by atoms with Crippen LogP contribution in [0.4, 0.5) is 5.82 Å². The predicted octanol–water partition coefficient (Wildman–Crippen LogP) is 0.320. The number of hydrogen-bond acceptors (Lipinski definition) is 5. The van der Waals surface area contributed by atoms with Crippen molar-refractivity contribution in [3.05, 3.63) is 12.3 Å². The van der Waals surface area contributed by atoms with Gasteiger partial charge in [0.1, 0.15) is 0 Å². The van der Waals surface area contributed by atoms with E-state index in [1.165, 1.54) is 0 Å². The quantitative estimate of drug-likeness (QED) is 0.800. The molecule has 0 radical (unpaired) electrons. The minimum Gasteiger partial charge on any atom is -0.383 e. The summed E-state index contributed by atoms with van der Waals surface area (Å²) in [6.07, 6.45) is 4.54. The molecule has 3 rings (SSSR count). The molecule has 2 amide bonds. The second kappa shape index (κ2) is 7.53. The third-order valence-electron chi connectivity index (χ3n) is 5.17. The summed E-state index contributed by atoms with van der Waals surface area (Å²) in [5, 5.41) is 6.96. The summed E-state index contributed by atoms with van der Waals surface area (Å²) in [6, 6.07) is 1.77. The Balaban J connectivity index is 1.55. The number of piperidine rings is 1. The van der Waals surface area contributed by atoms with E-state index in [-0.39, 0.29) is 17.2 Å². The second-order valence-corrected chi connectivity index (χ2v) is 7.05. The number of ether oxygens (including phenoxy) is 1. The molecule has 2 aliphatic rings. The van der Waals surface area contributed by atoms with Crippen molar-refractivity contribution in [2.24, 2.45) is 12.5 Å². The van der Waals surface area contributed by atoms with Gasteiger partial charge in [-0.15, -0.1) is 0 Å². The topological polar surface area (TPSA) is 79.7 Å². The highest BCUT2D eigenvalue weighted by Gasteiger charge is 2.48. The van der Waals surface area contributed by atoms with Gasteiger partial charge in [-0.3, -0.25) is 19.2 Å². The van der Waals surface area contributed by atoms with E-state index in [1.54, 1.807) is 24.1 Å². The van der Waals surface area contributed by atoms with Crippen molar-refractivity contribution in [1.82, 2.24) is 19.6 Å². The lowest BCUT2D eigenvalue weighted by atomic mass is 9.78. The van der Waals surface area contributed by atoms with E-state index in [0.29, 0.717) is 32.1 Å². The molecule has 1 atom stereocenters. The summed E-state index contributed by atoms with van der Waals surface area (Å²) >= 11 is 0. The highest BCUT2D eigenvalue weighted by molar-refractivity contribution is 5.91. The fourth-order valence-electron chi connectivity index (χ4n) is 3.91. The lowest BCUT2D eigenvalue weighted by Gasteiger charge is -2.39. The minimum atomic E-state index is -0.322. The molecule has 2 fully saturated rings. The van der Waals surface area contributed by atoms with E-state index in [0.717, 1.165) is 32.4 Å². The van der Waals surface area contributed by atoms with Crippen molar-refractivity contribution in [2.75, 3.05) is 51.8 Å². The lowest BCUT2D eigenvalue weighted by Crippen LogP contribution is -2.51. The maximum absolute atomic E-state index is 12.9. The van der Waals surface area contributed by atoms with Gasteiger partial charge in [-0.1, -0.05) is 0 Å². The van der Waals surface area contributed by atoms with Gasteiger partial charge in [0.2, 0.25) is 11.8 Å². The van der Waals surface area contributed by atoms with Crippen LogP contribution in [0.1, 0.15) is 19.3 Å². The third kappa shape index (κ3) is 4.01. The van der Waals surface area contributed by atoms with E-state index in [1.807, 2.05) is 11.9 Å². The number of carbonyl (C=O) groups is 2. The number of hydrogen-bond donors (Lipinski definition) is 1. The predicted molar refractivity (Wildman–Crippen MR) is 93.0 cm³/mol. The van der Waals surface area contributed by atoms with E-state index in [2.05, 4.69) is 15.3 Å². The van der Waals surface area contributed by atoms with Gasteiger partial charge in [-0.05, 0) is 25.8 Å². The Labute approximate surface area is 148 Å². The van der Waals surface area contributed by atoms with Crippen molar-refractivity contribution in [1.29, 1.82) is 0 Å². The molecule has 1 N–H and O–H groups in total. The van der Waals surface area contributed by atoms with Gasteiger partial charge in [0.25, 0.3) is 0 Å². The molecule has 1 aromatic rings. The van der Waals surface area contributed by atoms with Crippen LogP contribution in [0.5, 0.6) is 0 Å². The molecule has 0 saturated carbocycles. The van der Waals surface area contributed by atoms with Crippen molar-refractivity contribution in [2.45, 2.75) is 19.3 Å². The highest BCUT2D eigenvalue weighted by atomic mass is 16.5. The van der Waals surface area contributed by atoms with Gasteiger partial charge in [0, 0.05) is 46.1 Å². The maximum atomic E-state index is 12.9. The molecular formula is C17H27N5O3. The van der Waals surface area contributed by atoms with Crippen LogP contribution >= 0.6 is 0 Å². The molecule has 2 saturated heterocycles. The Kier molecular flexibility index (Phi) is 5.39. The molecule has 0 bridgehead atoms. The molecule has 3 heterocycles. The van der Waals surface area contributed by atoms with Crippen LogP contribution in [0.25, 0.3) is 0 Å². The van der Waals surface area contributed by atoms with E-state index in [4.69, 9.17) is 4.74 Å². The van der Waals surface area contributed by atoms with Gasteiger partial charge in [0.15, 0.2) is 5.82 Å². The Morgan fingerprint density at radius 1 is 1.40 bits per heavy atom. The largest absolute Gasteiger partial charge is 0.383 e. The monoisotopic (exact) mass is 349 g/mol. The summed E-state index contributed by atoms with van der Waals surface area (Å²) in [5.74, 6) is 0.694. The molecule has 138 valence electrons. The Morgan fingerprint density at radius 2 is 2.24 bits per heavy atom. The first kappa shape index (κ1) is 17.9. The van der Waals surface area contributed by atoms with Gasteiger partial charge in [-0.25, -0.2) is 0 Å².